The molecule has 0 radical (unpaired) electrons. The third kappa shape index (κ3) is 2.91. The summed E-state index contributed by atoms with van der Waals surface area (Å²) in [5.74, 6) is 0.358. The Balaban J connectivity index is 2.05. The first kappa shape index (κ1) is 12.2. The smallest absolute Gasteiger partial charge is 0.358 e. The number of nitrogens with zero attached hydrogens (tertiary/aromatic N) is 3. The van der Waals surface area contributed by atoms with Gasteiger partial charge in [-0.05, 0) is 39.6 Å². The molecule has 17 heavy (non-hydrogen) atoms. The molecule has 1 aliphatic rings. The molecule has 92 valence electrons. The van der Waals surface area contributed by atoms with Crippen LogP contribution in [-0.2, 0) is 11.3 Å². The minimum atomic E-state index is -0.521. The van der Waals surface area contributed by atoms with Crippen LogP contribution < -0.4 is 0 Å². The molecule has 0 N–H and O–H groups in total. The summed E-state index contributed by atoms with van der Waals surface area (Å²) >= 11 is 3.10. The second-order valence-corrected chi connectivity index (χ2v) is 5.14. The predicted octanol–water partition coefficient (Wildman–Crippen LogP) is 2.31. The second kappa shape index (κ2) is 4.95. The summed E-state index contributed by atoms with van der Waals surface area (Å²) in [6.07, 6.45) is 4.72. The number of Topliss-reactive ketones (excluding diaryl/α,β-unsaturated/α-hetero) is 1. The number of carbonyl (C=O) groups excluding carboxylic acids is 1. The Morgan fingerprint density at radius 1 is 1.65 bits per heavy atom. The van der Waals surface area contributed by atoms with Crippen LogP contribution in [0.15, 0.2) is 10.7 Å². The molecule has 6 nitrogen and oxygen atoms in total. The number of rotatable bonds is 3. The van der Waals surface area contributed by atoms with Crippen LogP contribution in [0, 0.1) is 16.0 Å². The van der Waals surface area contributed by atoms with Gasteiger partial charge in [-0.25, -0.2) is 0 Å². The predicted molar refractivity (Wildman–Crippen MR) is 63.5 cm³/mol. The molecule has 2 rings (SSSR count). The highest BCUT2D eigenvalue weighted by atomic mass is 79.9. The highest BCUT2D eigenvalue weighted by molar-refractivity contribution is 9.10. The zero-order valence-electron chi connectivity index (χ0n) is 9.13. The first-order valence-electron chi connectivity index (χ1n) is 5.45. The van der Waals surface area contributed by atoms with E-state index < -0.39 is 4.92 Å². The van der Waals surface area contributed by atoms with Crippen molar-refractivity contribution in [3.8, 4) is 0 Å². The van der Waals surface area contributed by atoms with E-state index in [9.17, 15) is 14.9 Å². The summed E-state index contributed by atoms with van der Waals surface area (Å²) in [7, 11) is 0. The van der Waals surface area contributed by atoms with Crippen molar-refractivity contribution in [3.63, 3.8) is 0 Å². The van der Waals surface area contributed by atoms with Crippen molar-refractivity contribution in [2.75, 3.05) is 0 Å². The van der Waals surface area contributed by atoms with Gasteiger partial charge < -0.3 is 10.1 Å². The van der Waals surface area contributed by atoms with Crippen LogP contribution in [0.25, 0.3) is 0 Å². The Hall–Kier alpha value is -1.24. The lowest BCUT2D eigenvalue weighted by atomic mass is 9.88. The van der Waals surface area contributed by atoms with Crippen LogP contribution in [0.5, 0.6) is 0 Å². The number of carbonyl (C=O) groups is 1. The molecule has 7 heteroatoms. The fourth-order valence-electron chi connectivity index (χ4n) is 2.14. The highest BCUT2D eigenvalue weighted by Crippen LogP contribution is 2.26. The van der Waals surface area contributed by atoms with Gasteiger partial charge in [0, 0.05) is 12.8 Å². The molecule has 1 atom stereocenters. The van der Waals surface area contributed by atoms with Crippen molar-refractivity contribution in [1.29, 1.82) is 0 Å². The van der Waals surface area contributed by atoms with Gasteiger partial charge in [-0.2, -0.15) is 4.68 Å². The summed E-state index contributed by atoms with van der Waals surface area (Å²) < 4.78 is 1.93. The quantitative estimate of drug-likeness (QED) is 0.634. The van der Waals surface area contributed by atoms with Crippen LogP contribution in [0.2, 0.25) is 0 Å². The molecule has 1 heterocycles. The monoisotopic (exact) mass is 301 g/mol. The molecule has 0 aliphatic heterocycles. The van der Waals surface area contributed by atoms with Crippen LogP contribution in [-0.4, -0.2) is 20.5 Å². The molecule has 1 aromatic heterocycles. The minimum absolute atomic E-state index is 0.174. The molecule has 0 saturated heterocycles. The topological polar surface area (TPSA) is 78.0 Å². The molecule has 1 aromatic rings. The van der Waals surface area contributed by atoms with Crippen molar-refractivity contribution >= 4 is 27.5 Å². The average molecular weight is 302 g/mol. The summed E-state index contributed by atoms with van der Waals surface area (Å²) in [5, 5.41) is 14.5. The lowest BCUT2D eigenvalue weighted by Gasteiger charge is -2.19. The van der Waals surface area contributed by atoms with Gasteiger partial charge >= 0.3 is 5.82 Å². The molecule has 0 bridgehead atoms. The van der Waals surface area contributed by atoms with Crippen LogP contribution in [0.3, 0.4) is 0 Å². The third-order valence-corrected chi connectivity index (χ3v) is 3.46. The first-order chi connectivity index (χ1) is 8.06. The SMILES string of the molecule is O=C1CCCC(Cn2cc(Br)c([N+](=O)[O-])n2)C1. The van der Waals surface area contributed by atoms with Gasteiger partial charge in [-0.1, -0.05) is 0 Å². The zero-order chi connectivity index (χ0) is 12.4. The van der Waals surface area contributed by atoms with Gasteiger partial charge in [-0.15, -0.1) is 0 Å². The first-order valence-corrected chi connectivity index (χ1v) is 6.24. The Labute approximate surface area is 106 Å². The fourth-order valence-corrected chi connectivity index (χ4v) is 2.60. The van der Waals surface area contributed by atoms with Crippen molar-refractivity contribution in [3.05, 3.63) is 20.8 Å². The van der Waals surface area contributed by atoms with Crippen molar-refractivity contribution in [2.24, 2.45) is 5.92 Å². The van der Waals surface area contributed by atoms with Gasteiger partial charge in [0.25, 0.3) is 0 Å². The van der Waals surface area contributed by atoms with E-state index >= 15 is 0 Å². The van der Waals surface area contributed by atoms with Gasteiger partial charge in [0.05, 0.1) is 17.8 Å². The summed E-state index contributed by atoms with van der Waals surface area (Å²) in [6.45, 7) is 0.568. The Morgan fingerprint density at radius 2 is 2.41 bits per heavy atom. The Bertz CT molecular complexity index is 458. The van der Waals surface area contributed by atoms with Crippen molar-refractivity contribution < 1.29 is 9.72 Å². The highest BCUT2D eigenvalue weighted by Gasteiger charge is 2.24. The van der Waals surface area contributed by atoms with Crippen LogP contribution in [0.4, 0.5) is 5.82 Å². The van der Waals surface area contributed by atoms with E-state index in [0.717, 1.165) is 12.8 Å². The van der Waals surface area contributed by atoms with Gasteiger partial charge in [-0.3, -0.25) is 4.79 Å². The Kier molecular flexibility index (Phi) is 3.56. The normalized spacial score (nSPS) is 20.5. The molecular formula is C10H12BrN3O3. The molecule has 1 unspecified atom stereocenters. The lowest BCUT2D eigenvalue weighted by molar-refractivity contribution is -0.390. The number of halogens is 1. The van der Waals surface area contributed by atoms with E-state index in [0.29, 0.717) is 23.9 Å². The standard InChI is InChI=1S/C10H12BrN3O3/c11-9-6-13(12-10(9)14(16)17)5-7-2-1-3-8(15)4-7/h6-7H,1-5H2. The van der Waals surface area contributed by atoms with E-state index in [4.69, 9.17) is 0 Å². The number of aromatic nitrogens is 2. The number of hydrogen-bond acceptors (Lipinski definition) is 4. The maximum atomic E-state index is 11.3. The number of nitro groups is 1. The van der Waals surface area contributed by atoms with Crippen LogP contribution in [0.1, 0.15) is 25.7 Å². The maximum absolute atomic E-state index is 11.3. The molecule has 0 aromatic carbocycles. The molecule has 0 spiro atoms. The van der Waals surface area contributed by atoms with E-state index in [1.54, 1.807) is 10.9 Å². The van der Waals surface area contributed by atoms with E-state index in [1.165, 1.54) is 0 Å². The maximum Gasteiger partial charge on any atom is 0.404 e. The van der Waals surface area contributed by atoms with Gasteiger partial charge in [0.2, 0.25) is 0 Å². The zero-order valence-corrected chi connectivity index (χ0v) is 10.7. The third-order valence-electron chi connectivity index (χ3n) is 2.90. The van der Waals surface area contributed by atoms with E-state index in [-0.39, 0.29) is 17.5 Å². The molecule has 1 aliphatic carbocycles. The van der Waals surface area contributed by atoms with Crippen molar-refractivity contribution in [1.82, 2.24) is 9.78 Å². The van der Waals surface area contributed by atoms with E-state index in [1.807, 2.05) is 0 Å². The van der Waals surface area contributed by atoms with Crippen molar-refractivity contribution in [2.45, 2.75) is 32.2 Å². The number of hydrogen-bond donors (Lipinski definition) is 0. The second-order valence-electron chi connectivity index (χ2n) is 4.28. The van der Waals surface area contributed by atoms with Gasteiger partial charge in [0.1, 0.15) is 10.3 Å². The molecular weight excluding hydrogens is 290 g/mol. The molecule has 0 amide bonds. The fraction of sp³-hybridized carbons (Fsp3) is 0.600. The summed E-state index contributed by atoms with van der Waals surface area (Å²) in [5.41, 5.74) is 0. The average Bonchev–Trinajstić information content (AvgIpc) is 2.59. The van der Waals surface area contributed by atoms with Gasteiger partial charge in [0.15, 0.2) is 0 Å². The minimum Gasteiger partial charge on any atom is -0.358 e. The van der Waals surface area contributed by atoms with E-state index in [2.05, 4.69) is 21.0 Å². The molecule has 1 fully saturated rings. The largest absolute Gasteiger partial charge is 0.404 e. The summed E-state index contributed by atoms with van der Waals surface area (Å²) in [4.78, 5) is 21.4. The van der Waals surface area contributed by atoms with Crippen LogP contribution >= 0.6 is 15.9 Å². The lowest BCUT2D eigenvalue weighted by Crippen LogP contribution is -2.20. The summed E-state index contributed by atoms with van der Waals surface area (Å²) in [6, 6.07) is 0. The number of ketones is 1. The molecule has 1 saturated carbocycles. The Morgan fingerprint density at radius 3 is 3.00 bits per heavy atom.